The molecule has 0 bridgehead atoms. The molecular weight excluding hydrogens is 434 g/mol. The molecule has 0 unspecified atom stereocenters. The molecule has 2 aromatic rings. The molecule has 0 aromatic heterocycles. The van der Waals surface area contributed by atoms with Gasteiger partial charge in [-0.3, -0.25) is 0 Å². The summed E-state index contributed by atoms with van der Waals surface area (Å²) in [6.45, 7) is 2.13. The molecule has 0 aliphatic rings. The smallest absolute Gasteiger partial charge is 0.348 e. The van der Waals surface area contributed by atoms with Gasteiger partial charge in [0, 0.05) is 10.6 Å². The minimum atomic E-state index is -0.672. The number of hydrogen-bond acceptors (Lipinski definition) is 5. The van der Waals surface area contributed by atoms with Gasteiger partial charge in [0.25, 0.3) is 0 Å². The Morgan fingerprint density at radius 3 is 2.70 bits per heavy atom. The number of carbonyl (C=O) groups is 1. The highest BCUT2D eigenvalue weighted by atomic mass is 79.9. The van der Waals surface area contributed by atoms with Crippen molar-refractivity contribution < 1.29 is 19.0 Å². The van der Waals surface area contributed by atoms with Crippen LogP contribution in [0.1, 0.15) is 18.1 Å². The van der Waals surface area contributed by atoms with Gasteiger partial charge in [-0.05, 0) is 52.7 Å². The number of hydrogen-bond donors (Lipinski definition) is 0. The van der Waals surface area contributed by atoms with Gasteiger partial charge in [-0.25, -0.2) is 4.79 Å². The van der Waals surface area contributed by atoms with Crippen LogP contribution in [0.3, 0.4) is 0 Å². The van der Waals surface area contributed by atoms with Gasteiger partial charge in [0.15, 0.2) is 11.5 Å². The SMILES string of the molecule is CCOC(=O)/C(C#N)=C/c1cc(Br)c(OCc2ccccc2Cl)c(OC)c1. The third-order valence-corrected chi connectivity index (χ3v) is 4.47. The van der Waals surface area contributed by atoms with E-state index < -0.39 is 5.97 Å². The van der Waals surface area contributed by atoms with Gasteiger partial charge in [-0.15, -0.1) is 0 Å². The summed E-state index contributed by atoms with van der Waals surface area (Å²) in [7, 11) is 1.51. The molecule has 27 heavy (non-hydrogen) atoms. The van der Waals surface area contributed by atoms with Crippen molar-refractivity contribution in [3.8, 4) is 17.6 Å². The molecule has 0 heterocycles. The molecular formula is C20H17BrClNO4. The second-order valence-corrected chi connectivity index (χ2v) is 6.57. The van der Waals surface area contributed by atoms with E-state index in [0.717, 1.165) is 5.56 Å². The Kier molecular flexibility index (Phi) is 7.71. The summed E-state index contributed by atoms with van der Waals surface area (Å²) in [5, 5.41) is 9.78. The van der Waals surface area contributed by atoms with Crippen molar-refractivity contribution in [2.45, 2.75) is 13.5 Å². The number of benzene rings is 2. The molecule has 2 aromatic carbocycles. The molecule has 0 amide bonds. The van der Waals surface area contributed by atoms with Crippen LogP contribution in [0.2, 0.25) is 5.02 Å². The van der Waals surface area contributed by atoms with Crippen molar-refractivity contribution in [3.05, 3.63) is 62.6 Å². The number of halogens is 2. The molecule has 0 fully saturated rings. The van der Waals surface area contributed by atoms with Crippen molar-refractivity contribution in [1.29, 1.82) is 5.26 Å². The molecule has 0 aliphatic heterocycles. The van der Waals surface area contributed by atoms with Gasteiger partial charge in [-0.2, -0.15) is 5.26 Å². The summed E-state index contributed by atoms with van der Waals surface area (Å²) >= 11 is 9.60. The number of nitrogens with zero attached hydrogens (tertiary/aromatic N) is 1. The van der Waals surface area contributed by atoms with Gasteiger partial charge < -0.3 is 14.2 Å². The summed E-state index contributed by atoms with van der Waals surface area (Å²) in [6.07, 6.45) is 1.43. The summed E-state index contributed by atoms with van der Waals surface area (Å²) in [4.78, 5) is 11.8. The molecule has 0 atom stereocenters. The first kappa shape index (κ1) is 20.8. The Labute approximate surface area is 171 Å². The summed E-state index contributed by atoms with van der Waals surface area (Å²) in [5.74, 6) is 0.266. The van der Waals surface area contributed by atoms with E-state index in [1.54, 1.807) is 25.1 Å². The maximum Gasteiger partial charge on any atom is 0.348 e. The Morgan fingerprint density at radius 1 is 1.33 bits per heavy atom. The van der Waals surface area contributed by atoms with Crippen LogP contribution in [0.15, 0.2) is 46.4 Å². The van der Waals surface area contributed by atoms with Crippen molar-refractivity contribution in [1.82, 2.24) is 0 Å². The van der Waals surface area contributed by atoms with Crippen LogP contribution in [0, 0.1) is 11.3 Å². The van der Waals surface area contributed by atoms with Crippen molar-refractivity contribution in [3.63, 3.8) is 0 Å². The zero-order valence-electron chi connectivity index (χ0n) is 14.8. The number of nitriles is 1. The molecule has 0 aliphatic carbocycles. The van der Waals surface area contributed by atoms with Gasteiger partial charge >= 0.3 is 5.97 Å². The Hall–Kier alpha value is -2.49. The number of esters is 1. The Balaban J connectivity index is 2.30. The molecule has 2 rings (SSSR count). The molecule has 0 saturated carbocycles. The van der Waals surface area contributed by atoms with E-state index in [4.69, 9.17) is 25.8 Å². The van der Waals surface area contributed by atoms with Crippen molar-refractivity contribution >= 4 is 39.6 Å². The lowest BCUT2D eigenvalue weighted by atomic mass is 10.1. The third kappa shape index (κ3) is 5.49. The summed E-state index contributed by atoms with van der Waals surface area (Å²) in [5.41, 5.74) is 1.33. The second kappa shape index (κ2) is 10.0. The fraction of sp³-hybridized carbons (Fsp3) is 0.200. The Bertz CT molecular complexity index is 905. The third-order valence-electron chi connectivity index (χ3n) is 3.51. The van der Waals surface area contributed by atoms with Crippen LogP contribution in [-0.2, 0) is 16.1 Å². The maximum absolute atomic E-state index is 11.8. The molecule has 0 saturated heterocycles. The van der Waals surface area contributed by atoms with E-state index in [-0.39, 0.29) is 18.8 Å². The minimum Gasteiger partial charge on any atom is -0.493 e. The van der Waals surface area contributed by atoms with E-state index in [0.29, 0.717) is 26.6 Å². The molecule has 140 valence electrons. The quantitative estimate of drug-likeness (QED) is 0.331. The average molecular weight is 451 g/mol. The standard InChI is InChI=1S/C20H17BrClNO4/c1-3-26-20(24)15(11-23)8-13-9-16(21)19(18(10-13)25-2)27-12-14-6-4-5-7-17(14)22/h4-10H,3,12H2,1-2H3/b15-8+. The van der Waals surface area contributed by atoms with E-state index in [1.165, 1.54) is 13.2 Å². The largest absolute Gasteiger partial charge is 0.493 e. The topological polar surface area (TPSA) is 68.6 Å². The summed E-state index contributed by atoms with van der Waals surface area (Å²) < 4.78 is 16.7. The number of ether oxygens (including phenoxy) is 3. The lowest BCUT2D eigenvalue weighted by Gasteiger charge is -2.14. The Morgan fingerprint density at radius 2 is 2.07 bits per heavy atom. The van der Waals surface area contributed by atoms with Crippen LogP contribution >= 0.6 is 27.5 Å². The predicted molar refractivity (Wildman–Crippen MR) is 107 cm³/mol. The molecule has 0 spiro atoms. The van der Waals surface area contributed by atoms with Crippen LogP contribution in [0.25, 0.3) is 6.08 Å². The van der Waals surface area contributed by atoms with E-state index in [1.807, 2.05) is 24.3 Å². The highest BCUT2D eigenvalue weighted by Gasteiger charge is 2.15. The second-order valence-electron chi connectivity index (χ2n) is 5.30. The number of rotatable bonds is 7. The molecule has 0 N–H and O–H groups in total. The first-order valence-electron chi connectivity index (χ1n) is 8.02. The molecule has 7 heteroatoms. The van der Waals surface area contributed by atoms with Gasteiger partial charge in [-0.1, -0.05) is 29.8 Å². The highest BCUT2D eigenvalue weighted by Crippen LogP contribution is 2.38. The normalized spacial score (nSPS) is 10.9. The molecule has 0 radical (unpaired) electrons. The highest BCUT2D eigenvalue weighted by molar-refractivity contribution is 9.10. The van der Waals surface area contributed by atoms with Crippen molar-refractivity contribution in [2.24, 2.45) is 0 Å². The lowest BCUT2D eigenvalue weighted by molar-refractivity contribution is -0.137. The predicted octanol–water partition coefficient (Wildman–Crippen LogP) is 5.16. The van der Waals surface area contributed by atoms with Crippen LogP contribution in [0.5, 0.6) is 11.5 Å². The molecule has 5 nitrogen and oxygen atoms in total. The summed E-state index contributed by atoms with van der Waals surface area (Å²) in [6, 6.07) is 12.6. The zero-order chi connectivity index (χ0) is 19.8. The fourth-order valence-corrected chi connectivity index (χ4v) is 3.01. The van der Waals surface area contributed by atoms with Crippen LogP contribution in [0.4, 0.5) is 0 Å². The van der Waals surface area contributed by atoms with Crippen LogP contribution < -0.4 is 9.47 Å². The van der Waals surface area contributed by atoms with Gasteiger partial charge in [0.1, 0.15) is 18.2 Å². The fourth-order valence-electron chi connectivity index (χ4n) is 2.24. The first-order valence-corrected chi connectivity index (χ1v) is 9.19. The van der Waals surface area contributed by atoms with Crippen LogP contribution in [-0.4, -0.2) is 19.7 Å². The lowest BCUT2D eigenvalue weighted by Crippen LogP contribution is -2.06. The van der Waals surface area contributed by atoms with Gasteiger partial charge in [0.05, 0.1) is 18.2 Å². The number of carbonyl (C=O) groups excluding carboxylic acids is 1. The first-order chi connectivity index (χ1) is 13.0. The van der Waals surface area contributed by atoms with E-state index in [2.05, 4.69) is 15.9 Å². The number of methoxy groups -OCH3 is 1. The van der Waals surface area contributed by atoms with E-state index >= 15 is 0 Å². The van der Waals surface area contributed by atoms with Crippen molar-refractivity contribution in [2.75, 3.05) is 13.7 Å². The van der Waals surface area contributed by atoms with Gasteiger partial charge in [0.2, 0.25) is 0 Å². The monoisotopic (exact) mass is 449 g/mol. The maximum atomic E-state index is 11.8. The minimum absolute atomic E-state index is 0.101. The average Bonchev–Trinajstić information content (AvgIpc) is 2.66. The zero-order valence-corrected chi connectivity index (χ0v) is 17.1. The van der Waals surface area contributed by atoms with E-state index in [9.17, 15) is 10.1 Å².